The fraction of sp³-hybridized carbons (Fsp3) is 0.667. The number of hydrogen-bond donors (Lipinski definition) is 1. The lowest BCUT2D eigenvalue weighted by Crippen LogP contribution is -2.36. The molecule has 0 spiro atoms. The minimum Gasteiger partial charge on any atom is -0.330 e. The molecule has 0 radical (unpaired) electrons. The Kier molecular flexibility index (Phi) is 5.04. The molecule has 2 rings (SSSR count). The van der Waals surface area contributed by atoms with Crippen molar-refractivity contribution in [2.75, 3.05) is 6.54 Å². The molecule has 1 fully saturated rings. The molecule has 1 aliphatic carbocycles. The lowest BCUT2D eigenvalue weighted by Gasteiger charge is -2.40. The van der Waals surface area contributed by atoms with Gasteiger partial charge in [0.2, 0.25) is 0 Å². The van der Waals surface area contributed by atoms with Gasteiger partial charge in [-0.2, -0.15) is 0 Å². The minimum atomic E-state index is 0.373. The van der Waals surface area contributed by atoms with Crippen LogP contribution in [0.15, 0.2) is 24.3 Å². The summed E-state index contributed by atoms with van der Waals surface area (Å²) in [5.74, 6) is 0.960. The van der Waals surface area contributed by atoms with E-state index in [2.05, 4.69) is 38.1 Å². The number of nitrogens with two attached hydrogens (primary N) is 1. The van der Waals surface area contributed by atoms with E-state index in [0.29, 0.717) is 5.41 Å². The van der Waals surface area contributed by atoms with Crippen LogP contribution in [0.5, 0.6) is 0 Å². The van der Waals surface area contributed by atoms with E-state index in [1.165, 1.54) is 56.1 Å². The monoisotopic (exact) mass is 259 g/mol. The van der Waals surface area contributed by atoms with E-state index in [1.807, 2.05) is 0 Å². The highest BCUT2D eigenvalue weighted by atomic mass is 14.6. The fourth-order valence-electron chi connectivity index (χ4n) is 3.70. The van der Waals surface area contributed by atoms with Crippen LogP contribution >= 0.6 is 0 Å². The molecule has 1 aromatic rings. The van der Waals surface area contributed by atoms with Gasteiger partial charge in [0.05, 0.1) is 0 Å². The second-order valence-electron chi connectivity index (χ2n) is 6.60. The highest BCUT2D eigenvalue weighted by molar-refractivity contribution is 5.23. The Morgan fingerprint density at radius 3 is 2.58 bits per heavy atom. The molecule has 19 heavy (non-hydrogen) atoms. The van der Waals surface area contributed by atoms with Gasteiger partial charge in [0.1, 0.15) is 0 Å². The lowest BCUT2D eigenvalue weighted by molar-refractivity contribution is 0.151. The maximum atomic E-state index is 6.14. The molecule has 0 unspecified atom stereocenters. The van der Waals surface area contributed by atoms with E-state index < -0.39 is 0 Å². The first-order valence-electron chi connectivity index (χ1n) is 7.93. The largest absolute Gasteiger partial charge is 0.330 e. The zero-order chi connectivity index (χ0) is 13.7. The van der Waals surface area contributed by atoms with E-state index in [0.717, 1.165) is 12.5 Å². The van der Waals surface area contributed by atoms with E-state index in [-0.39, 0.29) is 0 Å². The van der Waals surface area contributed by atoms with Crippen molar-refractivity contribution < 1.29 is 0 Å². The van der Waals surface area contributed by atoms with Gasteiger partial charge < -0.3 is 5.73 Å². The summed E-state index contributed by atoms with van der Waals surface area (Å²) in [4.78, 5) is 0. The second-order valence-corrected chi connectivity index (χ2v) is 6.60. The lowest BCUT2D eigenvalue weighted by atomic mass is 9.67. The van der Waals surface area contributed by atoms with Crippen LogP contribution in [0.2, 0.25) is 0 Å². The Bertz CT molecular complexity index is 388. The molecule has 1 saturated carbocycles. The van der Waals surface area contributed by atoms with Gasteiger partial charge in [-0.05, 0) is 62.5 Å². The van der Waals surface area contributed by atoms with E-state index in [1.54, 1.807) is 0 Å². The third kappa shape index (κ3) is 3.82. The summed E-state index contributed by atoms with van der Waals surface area (Å²) in [5.41, 5.74) is 9.35. The van der Waals surface area contributed by atoms with Gasteiger partial charge in [0.25, 0.3) is 0 Å². The molecule has 106 valence electrons. The molecule has 2 N–H and O–H groups in total. The first-order chi connectivity index (χ1) is 9.17. The number of aryl methyl sites for hydroxylation is 1. The van der Waals surface area contributed by atoms with Gasteiger partial charge in [-0.15, -0.1) is 0 Å². The van der Waals surface area contributed by atoms with Crippen LogP contribution < -0.4 is 5.73 Å². The highest BCUT2D eigenvalue weighted by Crippen LogP contribution is 2.42. The third-order valence-corrected chi connectivity index (χ3v) is 4.96. The number of rotatable bonds is 5. The molecule has 0 bridgehead atoms. The minimum absolute atomic E-state index is 0.373. The van der Waals surface area contributed by atoms with Gasteiger partial charge in [-0.1, -0.05) is 49.6 Å². The summed E-state index contributed by atoms with van der Waals surface area (Å²) in [7, 11) is 0. The average Bonchev–Trinajstić information content (AvgIpc) is 2.42. The average molecular weight is 259 g/mol. The van der Waals surface area contributed by atoms with Crippen molar-refractivity contribution in [3.05, 3.63) is 35.4 Å². The van der Waals surface area contributed by atoms with Crippen molar-refractivity contribution in [2.24, 2.45) is 17.1 Å². The Hall–Kier alpha value is -0.820. The summed E-state index contributed by atoms with van der Waals surface area (Å²) in [6, 6.07) is 8.95. The van der Waals surface area contributed by atoms with Crippen LogP contribution in [-0.4, -0.2) is 6.54 Å². The SMILES string of the molecule is CCCC1CCC(CN)(Cc2cccc(C)c2)CC1. The predicted octanol–water partition coefficient (Wildman–Crippen LogP) is 4.47. The first-order valence-corrected chi connectivity index (χ1v) is 7.93. The molecule has 1 nitrogen and oxygen atoms in total. The van der Waals surface area contributed by atoms with Crippen LogP contribution in [0.4, 0.5) is 0 Å². The first kappa shape index (κ1) is 14.6. The van der Waals surface area contributed by atoms with Crippen LogP contribution in [0.3, 0.4) is 0 Å². The van der Waals surface area contributed by atoms with Crippen molar-refractivity contribution in [2.45, 2.75) is 58.8 Å². The Balaban J connectivity index is 2.00. The smallest absolute Gasteiger partial charge is 0.00173 e. The van der Waals surface area contributed by atoms with Gasteiger partial charge >= 0.3 is 0 Å². The maximum absolute atomic E-state index is 6.14. The fourth-order valence-corrected chi connectivity index (χ4v) is 3.70. The van der Waals surface area contributed by atoms with Crippen molar-refractivity contribution in [3.63, 3.8) is 0 Å². The molecule has 1 heteroatoms. The van der Waals surface area contributed by atoms with Gasteiger partial charge in [-0.25, -0.2) is 0 Å². The molecule has 0 aliphatic heterocycles. The van der Waals surface area contributed by atoms with Crippen LogP contribution in [0, 0.1) is 18.3 Å². The molecule has 0 saturated heterocycles. The van der Waals surface area contributed by atoms with E-state index >= 15 is 0 Å². The van der Waals surface area contributed by atoms with Gasteiger partial charge in [0.15, 0.2) is 0 Å². The molecule has 1 aromatic carbocycles. The number of hydrogen-bond acceptors (Lipinski definition) is 1. The molecular formula is C18H29N. The van der Waals surface area contributed by atoms with Gasteiger partial charge in [-0.3, -0.25) is 0 Å². The van der Waals surface area contributed by atoms with Crippen molar-refractivity contribution >= 4 is 0 Å². The molecule has 0 aromatic heterocycles. The zero-order valence-electron chi connectivity index (χ0n) is 12.6. The number of benzene rings is 1. The quantitative estimate of drug-likeness (QED) is 0.829. The molecule has 0 heterocycles. The Morgan fingerprint density at radius 1 is 1.26 bits per heavy atom. The second kappa shape index (κ2) is 6.56. The summed E-state index contributed by atoms with van der Waals surface area (Å²) in [6.45, 7) is 5.33. The van der Waals surface area contributed by atoms with E-state index in [9.17, 15) is 0 Å². The van der Waals surface area contributed by atoms with Crippen molar-refractivity contribution in [3.8, 4) is 0 Å². The summed E-state index contributed by atoms with van der Waals surface area (Å²) < 4.78 is 0. The normalized spacial score (nSPS) is 27.4. The third-order valence-electron chi connectivity index (χ3n) is 4.96. The highest BCUT2D eigenvalue weighted by Gasteiger charge is 2.33. The van der Waals surface area contributed by atoms with Crippen LogP contribution in [-0.2, 0) is 6.42 Å². The van der Waals surface area contributed by atoms with Crippen LogP contribution in [0.25, 0.3) is 0 Å². The predicted molar refractivity (Wildman–Crippen MR) is 83.2 cm³/mol. The zero-order valence-corrected chi connectivity index (χ0v) is 12.6. The van der Waals surface area contributed by atoms with Gasteiger partial charge in [0, 0.05) is 0 Å². The molecule has 0 amide bonds. The molecule has 0 atom stereocenters. The maximum Gasteiger partial charge on any atom is -0.00173 e. The molecular weight excluding hydrogens is 230 g/mol. The molecule has 1 aliphatic rings. The summed E-state index contributed by atoms with van der Waals surface area (Å²) in [5, 5.41) is 0. The van der Waals surface area contributed by atoms with Crippen LogP contribution in [0.1, 0.15) is 56.6 Å². The topological polar surface area (TPSA) is 26.0 Å². The standard InChI is InChI=1S/C18H29N/c1-3-5-16-8-10-18(14-19,11-9-16)13-17-7-4-6-15(2)12-17/h4,6-7,12,16H,3,5,8-11,13-14,19H2,1-2H3. The van der Waals surface area contributed by atoms with Crippen molar-refractivity contribution in [1.29, 1.82) is 0 Å². The summed E-state index contributed by atoms with van der Waals surface area (Å²) in [6.07, 6.45) is 9.32. The van der Waals surface area contributed by atoms with Crippen molar-refractivity contribution in [1.82, 2.24) is 0 Å². The Labute approximate surface area is 118 Å². The Morgan fingerprint density at radius 2 is 2.00 bits per heavy atom. The van der Waals surface area contributed by atoms with E-state index in [4.69, 9.17) is 5.73 Å². The summed E-state index contributed by atoms with van der Waals surface area (Å²) >= 11 is 0.